The molecule has 0 aliphatic heterocycles. The summed E-state index contributed by atoms with van der Waals surface area (Å²) in [5, 5.41) is 0. The summed E-state index contributed by atoms with van der Waals surface area (Å²) in [5.41, 5.74) is 7.19. The lowest BCUT2D eigenvalue weighted by Gasteiger charge is -2.22. The second-order valence-corrected chi connectivity index (χ2v) is 5.69. The lowest BCUT2D eigenvalue weighted by Crippen LogP contribution is -2.27. The fourth-order valence-electron chi connectivity index (χ4n) is 2.44. The third-order valence-corrected chi connectivity index (χ3v) is 3.72. The van der Waals surface area contributed by atoms with E-state index in [1.807, 2.05) is 31.2 Å². The van der Waals surface area contributed by atoms with E-state index in [1.165, 1.54) is 32.1 Å². The average molecular weight is 293 g/mol. The van der Waals surface area contributed by atoms with Crippen LogP contribution in [-0.4, -0.2) is 19.8 Å². The Morgan fingerprint density at radius 1 is 1.00 bits per heavy atom. The summed E-state index contributed by atoms with van der Waals surface area (Å²) in [4.78, 5) is 0. The highest BCUT2D eigenvalue weighted by atomic mass is 16.5. The first kappa shape index (κ1) is 18.0. The first-order valence-corrected chi connectivity index (χ1v) is 8.20. The molecule has 3 nitrogen and oxygen atoms in total. The van der Waals surface area contributed by atoms with Crippen LogP contribution in [0.15, 0.2) is 24.3 Å². The number of unbranched alkanes of at least 4 members (excludes halogenated alkanes) is 5. The van der Waals surface area contributed by atoms with E-state index in [-0.39, 0.29) is 12.1 Å². The molecule has 2 unspecified atom stereocenters. The summed E-state index contributed by atoms with van der Waals surface area (Å²) in [7, 11) is 1.67. The SMILES string of the molecule is CCCCCCCCOC(c1ccc(OC)cc1)C(C)N. The van der Waals surface area contributed by atoms with Gasteiger partial charge in [0.05, 0.1) is 13.2 Å². The first-order valence-electron chi connectivity index (χ1n) is 8.20. The second kappa shape index (κ2) is 10.6. The first-order chi connectivity index (χ1) is 10.2. The van der Waals surface area contributed by atoms with Gasteiger partial charge < -0.3 is 15.2 Å². The van der Waals surface area contributed by atoms with Gasteiger partial charge in [-0.05, 0) is 31.0 Å². The third kappa shape index (κ3) is 6.96. The molecular weight excluding hydrogens is 262 g/mol. The molecule has 0 heterocycles. The Balaban J connectivity index is 2.36. The molecule has 0 radical (unpaired) electrons. The molecule has 0 spiro atoms. The topological polar surface area (TPSA) is 44.5 Å². The molecule has 120 valence electrons. The number of methoxy groups -OCH3 is 1. The van der Waals surface area contributed by atoms with Gasteiger partial charge in [-0.15, -0.1) is 0 Å². The van der Waals surface area contributed by atoms with Crippen LogP contribution in [0.4, 0.5) is 0 Å². The molecule has 2 atom stereocenters. The number of benzene rings is 1. The molecule has 0 amide bonds. The molecule has 0 saturated heterocycles. The second-order valence-electron chi connectivity index (χ2n) is 5.69. The minimum absolute atomic E-state index is 0.0153. The van der Waals surface area contributed by atoms with Crippen LogP contribution in [0.25, 0.3) is 0 Å². The van der Waals surface area contributed by atoms with Gasteiger partial charge in [0.15, 0.2) is 0 Å². The monoisotopic (exact) mass is 293 g/mol. The maximum Gasteiger partial charge on any atom is 0.118 e. The van der Waals surface area contributed by atoms with E-state index in [0.717, 1.165) is 24.3 Å². The minimum Gasteiger partial charge on any atom is -0.497 e. The maximum atomic E-state index is 6.06. The molecule has 0 aliphatic rings. The van der Waals surface area contributed by atoms with Crippen molar-refractivity contribution in [2.24, 2.45) is 5.73 Å². The third-order valence-electron chi connectivity index (χ3n) is 3.72. The van der Waals surface area contributed by atoms with Crippen molar-refractivity contribution < 1.29 is 9.47 Å². The standard InChI is InChI=1S/C18H31NO2/c1-4-5-6-7-8-9-14-21-18(15(2)19)16-10-12-17(20-3)13-11-16/h10-13,15,18H,4-9,14,19H2,1-3H3. The molecule has 3 heteroatoms. The van der Waals surface area contributed by atoms with E-state index in [9.17, 15) is 0 Å². The van der Waals surface area contributed by atoms with Crippen LogP contribution in [0.2, 0.25) is 0 Å². The van der Waals surface area contributed by atoms with Crippen LogP contribution in [0.3, 0.4) is 0 Å². The van der Waals surface area contributed by atoms with Gasteiger partial charge in [-0.1, -0.05) is 51.2 Å². The summed E-state index contributed by atoms with van der Waals surface area (Å²) in [6.45, 7) is 5.02. The smallest absolute Gasteiger partial charge is 0.118 e. The van der Waals surface area contributed by atoms with E-state index < -0.39 is 0 Å². The van der Waals surface area contributed by atoms with Gasteiger partial charge in [0.1, 0.15) is 5.75 Å². The van der Waals surface area contributed by atoms with Gasteiger partial charge in [0.25, 0.3) is 0 Å². The van der Waals surface area contributed by atoms with Crippen molar-refractivity contribution in [1.82, 2.24) is 0 Å². The number of hydrogen-bond acceptors (Lipinski definition) is 3. The van der Waals surface area contributed by atoms with Gasteiger partial charge in [0, 0.05) is 12.6 Å². The molecule has 1 aromatic carbocycles. The Bertz CT molecular complexity index is 362. The van der Waals surface area contributed by atoms with E-state index >= 15 is 0 Å². The fraction of sp³-hybridized carbons (Fsp3) is 0.667. The van der Waals surface area contributed by atoms with Crippen molar-refractivity contribution >= 4 is 0 Å². The Labute approximate surface area is 129 Å². The Kier molecular flexibility index (Phi) is 9.11. The lowest BCUT2D eigenvalue weighted by atomic mass is 10.0. The zero-order valence-electron chi connectivity index (χ0n) is 13.8. The van der Waals surface area contributed by atoms with Crippen molar-refractivity contribution in [3.8, 4) is 5.75 Å². The van der Waals surface area contributed by atoms with Crippen molar-refractivity contribution in [3.63, 3.8) is 0 Å². The van der Waals surface area contributed by atoms with Crippen LogP contribution in [-0.2, 0) is 4.74 Å². The largest absolute Gasteiger partial charge is 0.497 e. The van der Waals surface area contributed by atoms with Crippen LogP contribution < -0.4 is 10.5 Å². The van der Waals surface area contributed by atoms with E-state index in [1.54, 1.807) is 7.11 Å². The van der Waals surface area contributed by atoms with Crippen LogP contribution in [0, 0.1) is 0 Å². The number of hydrogen-bond donors (Lipinski definition) is 1. The molecule has 21 heavy (non-hydrogen) atoms. The van der Waals surface area contributed by atoms with Gasteiger partial charge in [0.2, 0.25) is 0 Å². The molecule has 1 rings (SSSR count). The highest BCUT2D eigenvalue weighted by Crippen LogP contribution is 2.23. The predicted molar refractivity (Wildman–Crippen MR) is 88.7 cm³/mol. The lowest BCUT2D eigenvalue weighted by molar-refractivity contribution is 0.0358. The van der Waals surface area contributed by atoms with Gasteiger partial charge >= 0.3 is 0 Å². The Morgan fingerprint density at radius 2 is 1.62 bits per heavy atom. The maximum absolute atomic E-state index is 6.06. The van der Waals surface area contributed by atoms with Crippen molar-refractivity contribution in [3.05, 3.63) is 29.8 Å². The highest BCUT2D eigenvalue weighted by molar-refractivity contribution is 5.29. The zero-order valence-corrected chi connectivity index (χ0v) is 13.8. The molecule has 0 aromatic heterocycles. The quantitative estimate of drug-likeness (QED) is 0.613. The highest BCUT2D eigenvalue weighted by Gasteiger charge is 2.16. The van der Waals surface area contributed by atoms with Crippen LogP contribution in [0.1, 0.15) is 64.0 Å². The molecular formula is C18H31NO2. The molecule has 0 aliphatic carbocycles. The fourth-order valence-corrected chi connectivity index (χ4v) is 2.44. The summed E-state index contributed by atoms with van der Waals surface area (Å²) in [6.07, 6.45) is 7.60. The molecule has 0 saturated carbocycles. The van der Waals surface area contributed by atoms with Crippen LogP contribution in [0.5, 0.6) is 5.75 Å². The van der Waals surface area contributed by atoms with Crippen molar-refractivity contribution in [2.75, 3.05) is 13.7 Å². The van der Waals surface area contributed by atoms with Crippen molar-refractivity contribution in [2.45, 2.75) is 64.5 Å². The normalized spacial score (nSPS) is 13.9. The van der Waals surface area contributed by atoms with E-state index in [2.05, 4.69) is 6.92 Å². The number of nitrogens with two attached hydrogens (primary N) is 1. The summed E-state index contributed by atoms with van der Waals surface area (Å²) >= 11 is 0. The summed E-state index contributed by atoms with van der Waals surface area (Å²) in [5.74, 6) is 0.859. The number of rotatable bonds is 11. The molecule has 0 bridgehead atoms. The Morgan fingerprint density at radius 3 is 2.19 bits per heavy atom. The van der Waals surface area contributed by atoms with Gasteiger partial charge in [-0.25, -0.2) is 0 Å². The molecule has 2 N–H and O–H groups in total. The molecule has 1 aromatic rings. The van der Waals surface area contributed by atoms with E-state index in [4.69, 9.17) is 15.2 Å². The van der Waals surface area contributed by atoms with Gasteiger partial charge in [-0.2, -0.15) is 0 Å². The summed E-state index contributed by atoms with van der Waals surface area (Å²) < 4.78 is 11.2. The Hall–Kier alpha value is -1.06. The zero-order chi connectivity index (χ0) is 15.5. The minimum atomic E-state index is -0.0356. The average Bonchev–Trinajstić information content (AvgIpc) is 2.50. The number of ether oxygens (including phenoxy) is 2. The summed E-state index contributed by atoms with van der Waals surface area (Å²) in [6, 6.07) is 7.97. The van der Waals surface area contributed by atoms with Crippen LogP contribution >= 0.6 is 0 Å². The molecule has 0 fully saturated rings. The van der Waals surface area contributed by atoms with E-state index in [0.29, 0.717) is 0 Å². The van der Waals surface area contributed by atoms with Crippen molar-refractivity contribution in [1.29, 1.82) is 0 Å². The van der Waals surface area contributed by atoms with Gasteiger partial charge in [-0.3, -0.25) is 0 Å². The predicted octanol–water partition coefficient (Wildman–Crippen LogP) is 4.46.